The van der Waals surface area contributed by atoms with Gasteiger partial charge < -0.3 is 19.4 Å². The second kappa shape index (κ2) is 13.0. The predicted molar refractivity (Wildman–Crippen MR) is 159 cm³/mol. The highest BCUT2D eigenvalue weighted by atomic mass is 16.6. The molecule has 0 unspecified atom stereocenters. The maximum atomic E-state index is 12.8. The van der Waals surface area contributed by atoms with Crippen molar-refractivity contribution in [2.24, 2.45) is 5.16 Å². The van der Waals surface area contributed by atoms with Gasteiger partial charge in [-0.1, -0.05) is 92.7 Å². The van der Waals surface area contributed by atoms with Crippen LogP contribution in [-0.2, 0) is 10.3 Å². The minimum absolute atomic E-state index is 0.0758. The van der Waals surface area contributed by atoms with Crippen molar-refractivity contribution in [1.82, 2.24) is 0 Å². The number of rotatable bonds is 10. The zero-order chi connectivity index (χ0) is 29.4. The van der Waals surface area contributed by atoms with Crippen molar-refractivity contribution in [3.63, 3.8) is 0 Å². The molecule has 0 saturated heterocycles. The third-order valence-corrected chi connectivity index (χ3v) is 6.43. The molecule has 0 aliphatic rings. The number of carbonyl (C=O) groups is 2. The van der Waals surface area contributed by atoms with Crippen molar-refractivity contribution >= 4 is 17.7 Å². The Morgan fingerprint density at radius 1 is 0.780 bits per heavy atom. The number of benzene rings is 4. The average molecular weight is 552 g/mol. The Hall–Kier alpha value is -4.91. The van der Waals surface area contributed by atoms with Crippen LogP contribution >= 0.6 is 0 Å². The van der Waals surface area contributed by atoms with Gasteiger partial charge in [0.25, 0.3) is 0 Å². The highest BCUT2D eigenvalue weighted by Gasteiger charge is 2.18. The van der Waals surface area contributed by atoms with E-state index in [1.165, 1.54) is 23.8 Å². The Morgan fingerprint density at radius 2 is 1.41 bits per heavy atom. The van der Waals surface area contributed by atoms with Crippen molar-refractivity contribution in [3.8, 4) is 22.6 Å². The first-order chi connectivity index (χ1) is 19.6. The summed E-state index contributed by atoms with van der Waals surface area (Å²) >= 11 is 0. The Bertz CT molecular complexity index is 1520. The highest BCUT2D eigenvalue weighted by molar-refractivity contribution is 5.98. The van der Waals surface area contributed by atoms with Crippen molar-refractivity contribution in [3.05, 3.63) is 119 Å². The maximum absolute atomic E-state index is 12.8. The van der Waals surface area contributed by atoms with Gasteiger partial charge in [-0.25, -0.2) is 9.59 Å². The first kappa shape index (κ1) is 29.1. The van der Waals surface area contributed by atoms with E-state index in [1.807, 2.05) is 61.5 Å². The average Bonchev–Trinajstić information content (AvgIpc) is 2.97. The van der Waals surface area contributed by atoms with Crippen LogP contribution in [0.4, 0.5) is 0 Å². The minimum Gasteiger partial charge on any atom is -0.490 e. The third-order valence-electron chi connectivity index (χ3n) is 6.43. The topological polar surface area (TPSA) is 94.4 Å². The molecular formula is C34H33NO6. The second-order valence-corrected chi connectivity index (χ2v) is 10.5. The molecule has 4 aromatic rings. The van der Waals surface area contributed by atoms with Crippen LogP contribution in [0.3, 0.4) is 0 Å². The fraction of sp³-hybridized carbons (Fsp3) is 0.206. The van der Waals surface area contributed by atoms with Gasteiger partial charge >= 0.3 is 11.9 Å². The number of ether oxygens (including phenoxy) is 2. The molecule has 0 bridgehead atoms. The number of oxime groups is 1. The maximum Gasteiger partial charge on any atom is 0.343 e. The lowest BCUT2D eigenvalue weighted by Crippen LogP contribution is -2.12. The van der Waals surface area contributed by atoms with Gasteiger partial charge in [-0.3, -0.25) is 0 Å². The van der Waals surface area contributed by atoms with E-state index >= 15 is 0 Å². The summed E-state index contributed by atoms with van der Waals surface area (Å²) in [4.78, 5) is 29.9. The first-order valence-electron chi connectivity index (χ1n) is 13.3. The Kier molecular flexibility index (Phi) is 9.19. The Labute approximate surface area is 240 Å². The summed E-state index contributed by atoms with van der Waals surface area (Å²) in [5, 5.41) is 13.7. The van der Waals surface area contributed by atoms with Crippen LogP contribution in [0, 0.1) is 0 Å². The van der Waals surface area contributed by atoms with Crippen molar-refractivity contribution in [2.45, 2.75) is 33.1 Å². The lowest BCUT2D eigenvalue weighted by atomic mass is 9.86. The van der Waals surface area contributed by atoms with E-state index in [9.17, 15) is 14.7 Å². The number of aromatic carboxylic acids is 1. The SMILES string of the molecule is C/C(=N\OCCOc1ccc(C(=O)O)c(OC(=O)c2ccc(-c3ccccc3)cc2)c1)c1ccc(C(C)(C)C)cc1. The van der Waals surface area contributed by atoms with Crippen molar-refractivity contribution in [2.75, 3.05) is 13.2 Å². The molecule has 0 aliphatic carbocycles. The molecule has 0 saturated carbocycles. The fourth-order valence-electron chi connectivity index (χ4n) is 4.05. The molecule has 0 aromatic heterocycles. The number of carboxylic acid groups (broad SMARTS) is 1. The monoisotopic (exact) mass is 551 g/mol. The quantitative estimate of drug-likeness (QED) is 0.0726. The van der Waals surface area contributed by atoms with E-state index in [2.05, 4.69) is 38.1 Å². The normalized spacial score (nSPS) is 11.6. The summed E-state index contributed by atoms with van der Waals surface area (Å²) < 4.78 is 11.2. The molecule has 210 valence electrons. The first-order valence-corrected chi connectivity index (χ1v) is 13.3. The smallest absolute Gasteiger partial charge is 0.343 e. The Balaban J connectivity index is 1.35. The van der Waals surface area contributed by atoms with Gasteiger partial charge in [-0.15, -0.1) is 0 Å². The zero-order valence-corrected chi connectivity index (χ0v) is 23.6. The number of carboxylic acids is 1. The lowest BCUT2D eigenvalue weighted by Gasteiger charge is -2.19. The molecule has 0 amide bonds. The summed E-state index contributed by atoms with van der Waals surface area (Å²) in [6.45, 7) is 8.69. The van der Waals surface area contributed by atoms with Crippen LogP contribution in [0.15, 0.2) is 102 Å². The summed E-state index contributed by atoms with van der Waals surface area (Å²) in [6.07, 6.45) is 0. The van der Waals surface area contributed by atoms with Gasteiger partial charge in [-0.2, -0.15) is 0 Å². The standard InChI is InChI=1S/C34H33NO6/c1-23(24-14-16-28(17-15-24)34(2,3)4)35-40-21-20-39-29-18-19-30(32(36)37)31(22-29)41-33(38)27-12-10-26(11-13-27)25-8-6-5-7-9-25/h5-19,22H,20-21H2,1-4H3,(H,36,37)/b35-23+. The van der Waals surface area contributed by atoms with Gasteiger partial charge in [0.2, 0.25) is 0 Å². The summed E-state index contributed by atoms with van der Waals surface area (Å²) in [5.74, 6) is -1.67. The van der Waals surface area contributed by atoms with Crippen molar-refractivity contribution < 1.29 is 29.0 Å². The molecule has 0 fully saturated rings. The van der Waals surface area contributed by atoms with E-state index in [4.69, 9.17) is 14.3 Å². The van der Waals surface area contributed by atoms with E-state index < -0.39 is 11.9 Å². The van der Waals surface area contributed by atoms with E-state index in [1.54, 1.807) is 12.1 Å². The molecule has 0 radical (unpaired) electrons. The Morgan fingerprint density at radius 3 is 2.05 bits per heavy atom. The molecule has 41 heavy (non-hydrogen) atoms. The van der Waals surface area contributed by atoms with Crippen LogP contribution in [0.2, 0.25) is 0 Å². The largest absolute Gasteiger partial charge is 0.490 e. The van der Waals surface area contributed by atoms with E-state index in [0.29, 0.717) is 11.3 Å². The fourth-order valence-corrected chi connectivity index (χ4v) is 4.05. The number of nitrogens with zero attached hydrogens (tertiary/aromatic N) is 1. The van der Waals surface area contributed by atoms with Crippen LogP contribution in [-0.4, -0.2) is 36.0 Å². The van der Waals surface area contributed by atoms with Gasteiger partial charge in [0.15, 0.2) is 6.61 Å². The van der Waals surface area contributed by atoms with Gasteiger partial charge in [0, 0.05) is 6.07 Å². The molecule has 7 heteroatoms. The summed E-state index contributed by atoms with van der Waals surface area (Å²) in [5.41, 5.74) is 5.12. The third kappa shape index (κ3) is 7.82. The molecule has 4 aromatic carbocycles. The van der Waals surface area contributed by atoms with E-state index in [-0.39, 0.29) is 29.9 Å². The molecular weight excluding hydrogens is 518 g/mol. The molecule has 0 aliphatic heterocycles. The van der Waals surface area contributed by atoms with Gasteiger partial charge in [0.1, 0.15) is 23.7 Å². The lowest BCUT2D eigenvalue weighted by molar-refractivity contribution is 0.0680. The molecule has 4 rings (SSSR count). The number of esters is 1. The predicted octanol–water partition coefficient (Wildman–Crippen LogP) is 7.39. The number of hydrogen-bond acceptors (Lipinski definition) is 6. The molecule has 0 atom stereocenters. The molecule has 0 spiro atoms. The number of carbonyl (C=O) groups excluding carboxylic acids is 1. The van der Waals surface area contributed by atoms with Crippen LogP contribution in [0.1, 0.15) is 59.5 Å². The van der Waals surface area contributed by atoms with Gasteiger partial charge in [-0.05, 0) is 58.9 Å². The minimum atomic E-state index is -1.22. The van der Waals surface area contributed by atoms with Gasteiger partial charge in [0.05, 0.1) is 11.3 Å². The molecule has 0 heterocycles. The van der Waals surface area contributed by atoms with E-state index in [0.717, 1.165) is 22.4 Å². The van der Waals surface area contributed by atoms with Crippen LogP contribution < -0.4 is 9.47 Å². The molecule has 1 N–H and O–H groups in total. The second-order valence-electron chi connectivity index (χ2n) is 10.5. The molecule has 7 nitrogen and oxygen atoms in total. The van der Waals surface area contributed by atoms with Crippen LogP contribution in [0.25, 0.3) is 11.1 Å². The summed E-state index contributed by atoms with van der Waals surface area (Å²) in [7, 11) is 0. The van der Waals surface area contributed by atoms with Crippen LogP contribution in [0.5, 0.6) is 11.5 Å². The van der Waals surface area contributed by atoms with Crippen molar-refractivity contribution in [1.29, 1.82) is 0 Å². The highest BCUT2D eigenvalue weighted by Crippen LogP contribution is 2.27. The summed E-state index contributed by atoms with van der Waals surface area (Å²) in [6, 6.07) is 29.1. The number of hydrogen-bond donors (Lipinski definition) is 1. The zero-order valence-electron chi connectivity index (χ0n) is 23.6.